The standard InChI is InChI=1S/C8H14FN3/c1-5(2)4-6-7(9)8(10)12(3)11-6/h5H,4,10H2,1-3H3. The number of nitrogen functional groups attached to an aromatic ring is 1. The summed E-state index contributed by atoms with van der Waals surface area (Å²) in [5, 5.41) is 3.97. The average molecular weight is 171 g/mol. The molecule has 0 radical (unpaired) electrons. The Balaban J connectivity index is 2.93. The molecular weight excluding hydrogens is 157 g/mol. The highest BCUT2D eigenvalue weighted by molar-refractivity contribution is 5.33. The van der Waals surface area contributed by atoms with Crippen LogP contribution in [-0.4, -0.2) is 9.78 Å². The second kappa shape index (κ2) is 3.13. The summed E-state index contributed by atoms with van der Waals surface area (Å²) >= 11 is 0. The van der Waals surface area contributed by atoms with Gasteiger partial charge in [-0.1, -0.05) is 13.8 Å². The maximum absolute atomic E-state index is 13.2. The summed E-state index contributed by atoms with van der Waals surface area (Å²) < 4.78 is 14.5. The zero-order chi connectivity index (χ0) is 9.30. The normalized spacial score (nSPS) is 11.1. The minimum absolute atomic E-state index is 0.116. The highest BCUT2D eigenvalue weighted by Crippen LogP contribution is 2.16. The molecule has 0 atom stereocenters. The van der Waals surface area contributed by atoms with Crippen molar-refractivity contribution in [1.29, 1.82) is 0 Å². The van der Waals surface area contributed by atoms with E-state index in [1.807, 2.05) is 13.8 Å². The molecule has 0 unspecified atom stereocenters. The van der Waals surface area contributed by atoms with E-state index in [4.69, 9.17) is 5.73 Å². The fourth-order valence-corrected chi connectivity index (χ4v) is 1.09. The van der Waals surface area contributed by atoms with E-state index in [2.05, 4.69) is 5.10 Å². The maximum Gasteiger partial charge on any atom is 0.188 e. The van der Waals surface area contributed by atoms with Gasteiger partial charge in [0, 0.05) is 7.05 Å². The molecule has 0 aliphatic rings. The predicted octanol–water partition coefficient (Wildman–Crippen LogP) is 1.34. The molecule has 0 aliphatic carbocycles. The van der Waals surface area contributed by atoms with Gasteiger partial charge in [0.05, 0.1) is 0 Å². The fraction of sp³-hybridized carbons (Fsp3) is 0.625. The van der Waals surface area contributed by atoms with Crippen LogP contribution in [0.25, 0.3) is 0 Å². The quantitative estimate of drug-likeness (QED) is 0.729. The summed E-state index contributed by atoms with van der Waals surface area (Å²) in [6, 6.07) is 0. The molecular formula is C8H14FN3. The van der Waals surface area contributed by atoms with Gasteiger partial charge in [-0.3, -0.25) is 4.68 Å². The summed E-state index contributed by atoms with van der Waals surface area (Å²) in [6.45, 7) is 4.04. The number of aryl methyl sites for hydroxylation is 1. The lowest BCUT2D eigenvalue weighted by Crippen LogP contribution is -1.98. The highest BCUT2D eigenvalue weighted by Gasteiger charge is 2.13. The van der Waals surface area contributed by atoms with E-state index in [0.29, 0.717) is 18.0 Å². The first kappa shape index (κ1) is 9.03. The van der Waals surface area contributed by atoms with E-state index in [1.165, 1.54) is 4.68 Å². The van der Waals surface area contributed by atoms with Crippen LogP contribution in [-0.2, 0) is 13.5 Å². The largest absolute Gasteiger partial charge is 0.381 e. The van der Waals surface area contributed by atoms with Gasteiger partial charge in [0.2, 0.25) is 0 Å². The fourth-order valence-electron chi connectivity index (χ4n) is 1.09. The summed E-state index contributed by atoms with van der Waals surface area (Å²) in [4.78, 5) is 0. The molecule has 0 amide bonds. The molecule has 1 aromatic rings. The molecule has 2 N–H and O–H groups in total. The van der Waals surface area contributed by atoms with Crippen LogP contribution >= 0.6 is 0 Å². The maximum atomic E-state index is 13.2. The predicted molar refractivity (Wildman–Crippen MR) is 46.1 cm³/mol. The van der Waals surface area contributed by atoms with Crippen molar-refractivity contribution >= 4 is 5.82 Å². The number of nitrogens with zero attached hydrogens (tertiary/aromatic N) is 2. The first-order valence-corrected chi connectivity index (χ1v) is 3.99. The Kier molecular flexibility index (Phi) is 2.35. The minimum Gasteiger partial charge on any atom is -0.381 e. The van der Waals surface area contributed by atoms with Gasteiger partial charge >= 0.3 is 0 Å². The van der Waals surface area contributed by atoms with Crippen molar-refractivity contribution in [3.8, 4) is 0 Å². The van der Waals surface area contributed by atoms with Gasteiger partial charge in [0.25, 0.3) is 0 Å². The van der Waals surface area contributed by atoms with Crippen LogP contribution in [0.1, 0.15) is 19.5 Å². The van der Waals surface area contributed by atoms with Crippen LogP contribution in [0.3, 0.4) is 0 Å². The zero-order valence-electron chi connectivity index (χ0n) is 7.63. The zero-order valence-corrected chi connectivity index (χ0v) is 7.63. The lowest BCUT2D eigenvalue weighted by atomic mass is 10.1. The number of anilines is 1. The van der Waals surface area contributed by atoms with Crippen molar-refractivity contribution in [3.63, 3.8) is 0 Å². The van der Waals surface area contributed by atoms with Crippen molar-refractivity contribution in [2.45, 2.75) is 20.3 Å². The summed E-state index contributed by atoms with van der Waals surface area (Å²) in [5.41, 5.74) is 5.87. The molecule has 0 saturated carbocycles. The van der Waals surface area contributed by atoms with Gasteiger partial charge in [-0.15, -0.1) is 0 Å². The molecule has 0 aliphatic heterocycles. The Bertz CT molecular complexity index is 278. The van der Waals surface area contributed by atoms with E-state index >= 15 is 0 Å². The third-order valence-electron chi connectivity index (χ3n) is 1.70. The van der Waals surface area contributed by atoms with Crippen LogP contribution in [0.5, 0.6) is 0 Å². The lowest BCUT2D eigenvalue weighted by molar-refractivity contribution is 0.570. The molecule has 68 valence electrons. The van der Waals surface area contributed by atoms with Gasteiger partial charge in [0.15, 0.2) is 11.6 Å². The number of aromatic nitrogens is 2. The minimum atomic E-state index is -0.369. The average Bonchev–Trinajstić information content (AvgIpc) is 2.17. The van der Waals surface area contributed by atoms with Crippen LogP contribution in [0.2, 0.25) is 0 Å². The second-order valence-corrected chi connectivity index (χ2v) is 3.37. The molecule has 0 saturated heterocycles. The second-order valence-electron chi connectivity index (χ2n) is 3.37. The number of hydrogen-bond acceptors (Lipinski definition) is 2. The highest BCUT2D eigenvalue weighted by atomic mass is 19.1. The van der Waals surface area contributed by atoms with Crippen LogP contribution in [0, 0.1) is 11.7 Å². The smallest absolute Gasteiger partial charge is 0.188 e. The molecule has 0 bridgehead atoms. The Hall–Kier alpha value is -1.06. The molecule has 1 aromatic heterocycles. The third kappa shape index (κ3) is 1.57. The molecule has 4 heteroatoms. The molecule has 12 heavy (non-hydrogen) atoms. The van der Waals surface area contributed by atoms with Gasteiger partial charge in [-0.25, -0.2) is 4.39 Å². The first-order chi connectivity index (χ1) is 5.52. The van der Waals surface area contributed by atoms with Gasteiger partial charge in [0.1, 0.15) is 5.69 Å². The molecule has 1 heterocycles. The van der Waals surface area contributed by atoms with E-state index in [9.17, 15) is 4.39 Å². The van der Waals surface area contributed by atoms with Crippen molar-refractivity contribution < 1.29 is 4.39 Å². The number of hydrogen-bond donors (Lipinski definition) is 1. The first-order valence-electron chi connectivity index (χ1n) is 3.99. The van der Waals surface area contributed by atoms with Crippen LogP contribution in [0.4, 0.5) is 10.2 Å². The topological polar surface area (TPSA) is 43.8 Å². The van der Waals surface area contributed by atoms with Crippen molar-refractivity contribution in [1.82, 2.24) is 9.78 Å². The molecule has 0 spiro atoms. The van der Waals surface area contributed by atoms with Crippen molar-refractivity contribution in [2.75, 3.05) is 5.73 Å². The van der Waals surface area contributed by atoms with Gasteiger partial charge in [-0.2, -0.15) is 5.10 Å². The van der Waals surface area contributed by atoms with Gasteiger partial charge in [-0.05, 0) is 12.3 Å². The van der Waals surface area contributed by atoms with E-state index in [1.54, 1.807) is 7.05 Å². The molecule has 0 aromatic carbocycles. The Morgan fingerprint density at radius 3 is 2.50 bits per heavy atom. The Labute approximate surface area is 71.4 Å². The molecule has 0 fully saturated rings. The van der Waals surface area contributed by atoms with Gasteiger partial charge < -0.3 is 5.73 Å². The van der Waals surface area contributed by atoms with Crippen LogP contribution in [0.15, 0.2) is 0 Å². The number of nitrogens with two attached hydrogens (primary N) is 1. The third-order valence-corrected chi connectivity index (χ3v) is 1.70. The number of halogens is 1. The summed E-state index contributed by atoms with van der Waals surface area (Å²) in [6.07, 6.45) is 0.636. The van der Waals surface area contributed by atoms with Crippen LogP contribution < -0.4 is 5.73 Å². The SMILES string of the molecule is CC(C)Cc1nn(C)c(N)c1F. The Morgan fingerprint density at radius 1 is 1.58 bits per heavy atom. The van der Waals surface area contributed by atoms with E-state index in [-0.39, 0.29) is 11.6 Å². The van der Waals surface area contributed by atoms with Crippen molar-refractivity contribution in [2.24, 2.45) is 13.0 Å². The lowest BCUT2D eigenvalue weighted by Gasteiger charge is -1.99. The summed E-state index contributed by atoms with van der Waals surface area (Å²) in [5.74, 6) is 0.144. The molecule has 1 rings (SSSR count). The van der Waals surface area contributed by atoms with Crippen molar-refractivity contribution in [3.05, 3.63) is 11.5 Å². The molecule has 3 nitrogen and oxygen atoms in total. The summed E-state index contributed by atoms with van der Waals surface area (Å²) in [7, 11) is 1.64. The van der Waals surface area contributed by atoms with E-state index in [0.717, 1.165) is 0 Å². The monoisotopic (exact) mass is 171 g/mol. The van der Waals surface area contributed by atoms with E-state index < -0.39 is 0 Å². The Morgan fingerprint density at radius 2 is 2.17 bits per heavy atom. The number of rotatable bonds is 2.